The van der Waals surface area contributed by atoms with Crippen molar-refractivity contribution in [2.24, 2.45) is 10.4 Å². The molecular formula is C20H31IN4O. The van der Waals surface area contributed by atoms with Crippen LogP contribution in [0.25, 0.3) is 0 Å². The topological polar surface area (TPSA) is 40.1 Å². The second-order valence-electron chi connectivity index (χ2n) is 7.82. The number of fused-ring (bicyclic) bond motifs is 1. The van der Waals surface area contributed by atoms with Gasteiger partial charge in [-0.3, -0.25) is 4.99 Å². The second kappa shape index (κ2) is 8.33. The van der Waals surface area contributed by atoms with E-state index >= 15 is 0 Å². The second-order valence-corrected chi connectivity index (χ2v) is 7.82. The number of rotatable bonds is 3. The van der Waals surface area contributed by atoms with Gasteiger partial charge in [-0.1, -0.05) is 18.2 Å². The Bertz CT molecular complexity index is 644. The summed E-state index contributed by atoms with van der Waals surface area (Å²) in [5, 5.41) is 3.59. The van der Waals surface area contributed by atoms with Gasteiger partial charge in [0.05, 0.1) is 6.61 Å². The summed E-state index contributed by atoms with van der Waals surface area (Å²) in [6.07, 6.45) is 3.58. The highest BCUT2D eigenvalue weighted by atomic mass is 127. The maximum atomic E-state index is 5.64. The van der Waals surface area contributed by atoms with Gasteiger partial charge in [0.2, 0.25) is 0 Å². The molecule has 0 bridgehead atoms. The molecule has 0 saturated carbocycles. The molecule has 2 atom stereocenters. The summed E-state index contributed by atoms with van der Waals surface area (Å²) in [6.45, 7) is 8.26. The monoisotopic (exact) mass is 470 g/mol. The van der Waals surface area contributed by atoms with Crippen LogP contribution in [-0.2, 0) is 11.2 Å². The lowest BCUT2D eigenvalue weighted by Gasteiger charge is -2.28. The predicted octanol–water partition coefficient (Wildman–Crippen LogP) is 2.74. The Kier molecular flexibility index (Phi) is 6.33. The summed E-state index contributed by atoms with van der Waals surface area (Å²) in [5.41, 5.74) is 3.25. The number of hydrogen-bond acceptors (Lipinski definition) is 3. The van der Waals surface area contributed by atoms with Gasteiger partial charge < -0.3 is 19.9 Å². The first-order valence-electron chi connectivity index (χ1n) is 9.59. The van der Waals surface area contributed by atoms with Crippen molar-refractivity contribution in [2.75, 3.05) is 51.3 Å². The van der Waals surface area contributed by atoms with Crippen LogP contribution >= 0.6 is 24.0 Å². The summed E-state index contributed by atoms with van der Waals surface area (Å²) in [6, 6.07) is 9.37. The third-order valence-corrected chi connectivity index (χ3v) is 6.12. The van der Waals surface area contributed by atoms with Gasteiger partial charge in [-0.2, -0.15) is 0 Å². The number of ether oxygens (including phenoxy) is 1. The molecule has 0 radical (unpaired) electrons. The number of benzene rings is 1. The zero-order chi connectivity index (χ0) is 17.3. The molecule has 3 heterocycles. The summed E-state index contributed by atoms with van der Waals surface area (Å²) < 4.78 is 5.64. The molecule has 2 fully saturated rings. The normalized spacial score (nSPS) is 27.8. The molecule has 2 unspecified atom stereocenters. The number of aliphatic imine (C=N–C) groups is 1. The lowest BCUT2D eigenvalue weighted by molar-refractivity contribution is 0.156. The molecular weight excluding hydrogens is 439 g/mol. The Hall–Kier alpha value is -1.02. The minimum Gasteiger partial charge on any atom is -0.381 e. The van der Waals surface area contributed by atoms with Crippen molar-refractivity contribution in [1.82, 2.24) is 10.2 Å². The van der Waals surface area contributed by atoms with E-state index in [-0.39, 0.29) is 24.0 Å². The number of nitrogens with one attached hydrogen (secondary N) is 1. The zero-order valence-corrected chi connectivity index (χ0v) is 18.2. The van der Waals surface area contributed by atoms with Crippen LogP contribution in [0, 0.1) is 5.41 Å². The number of para-hydroxylation sites is 1. The van der Waals surface area contributed by atoms with E-state index < -0.39 is 0 Å². The summed E-state index contributed by atoms with van der Waals surface area (Å²) in [5.74, 6) is 1.05. The van der Waals surface area contributed by atoms with E-state index in [1.165, 1.54) is 24.1 Å². The van der Waals surface area contributed by atoms with Crippen LogP contribution in [0.5, 0.6) is 0 Å². The maximum Gasteiger partial charge on any atom is 0.193 e. The molecule has 0 aromatic heterocycles. The van der Waals surface area contributed by atoms with E-state index in [1.54, 1.807) is 0 Å². The van der Waals surface area contributed by atoms with Crippen molar-refractivity contribution < 1.29 is 4.74 Å². The number of anilines is 1. The van der Waals surface area contributed by atoms with E-state index in [4.69, 9.17) is 4.74 Å². The molecule has 5 nitrogen and oxygen atoms in total. The smallest absolute Gasteiger partial charge is 0.193 e. The average molecular weight is 470 g/mol. The third kappa shape index (κ3) is 3.81. The van der Waals surface area contributed by atoms with Crippen LogP contribution in [0.1, 0.15) is 25.3 Å². The molecule has 26 heavy (non-hydrogen) atoms. The number of nitrogens with zero attached hydrogens (tertiary/aromatic N) is 3. The van der Waals surface area contributed by atoms with Gasteiger partial charge in [-0.15, -0.1) is 24.0 Å². The van der Waals surface area contributed by atoms with Gasteiger partial charge in [0.1, 0.15) is 0 Å². The van der Waals surface area contributed by atoms with E-state index in [2.05, 4.69) is 51.3 Å². The molecule has 1 aromatic carbocycles. The highest BCUT2D eigenvalue weighted by molar-refractivity contribution is 14.0. The standard InChI is InChI=1S/C20H30N4O.HI/c1-16-13-17-5-3-4-6-18(17)24(16)11-9-22-19(21-2)23-10-7-20(14-23)8-12-25-15-20;/h3-6,16H,7-15H2,1-2H3,(H,21,22);1H. The summed E-state index contributed by atoms with van der Waals surface area (Å²) in [7, 11) is 1.90. The molecule has 1 N–H and O–H groups in total. The Morgan fingerprint density at radius 3 is 2.96 bits per heavy atom. The van der Waals surface area contributed by atoms with Gasteiger partial charge in [0, 0.05) is 57.0 Å². The van der Waals surface area contributed by atoms with Crippen LogP contribution in [-0.4, -0.2) is 63.3 Å². The lowest BCUT2D eigenvalue weighted by atomic mass is 9.87. The molecule has 0 aliphatic carbocycles. The van der Waals surface area contributed by atoms with E-state index in [1.807, 2.05) is 7.05 Å². The first-order valence-corrected chi connectivity index (χ1v) is 9.59. The van der Waals surface area contributed by atoms with Crippen molar-refractivity contribution >= 4 is 35.6 Å². The molecule has 2 saturated heterocycles. The van der Waals surface area contributed by atoms with E-state index in [0.29, 0.717) is 11.5 Å². The Morgan fingerprint density at radius 2 is 2.19 bits per heavy atom. The summed E-state index contributed by atoms with van der Waals surface area (Å²) in [4.78, 5) is 9.46. The van der Waals surface area contributed by atoms with Crippen LogP contribution in [0.4, 0.5) is 5.69 Å². The average Bonchev–Trinajstić information content (AvgIpc) is 3.33. The fraction of sp³-hybridized carbons (Fsp3) is 0.650. The molecule has 0 amide bonds. The molecule has 1 aromatic rings. The summed E-state index contributed by atoms with van der Waals surface area (Å²) >= 11 is 0. The minimum absolute atomic E-state index is 0. The molecule has 4 rings (SSSR count). The third-order valence-electron chi connectivity index (χ3n) is 6.12. The van der Waals surface area contributed by atoms with Crippen LogP contribution in [0.3, 0.4) is 0 Å². The number of guanidine groups is 1. The first-order chi connectivity index (χ1) is 12.2. The van der Waals surface area contributed by atoms with Gasteiger partial charge in [-0.25, -0.2) is 0 Å². The maximum absolute atomic E-state index is 5.64. The molecule has 1 spiro atoms. The van der Waals surface area contributed by atoms with Gasteiger partial charge in [0.15, 0.2) is 5.96 Å². The number of hydrogen-bond donors (Lipinski definition) is 1. The lowest BCUT2D eigenvalue weighted by Crippen LogP contribution is -2.45. The van der Waals surface area contributed by atoms with Crippen molar-refractivity contribution in [3.05, 3.63) is 29.8 Å². The molecule has 6 heteroatoms. The predicted molar refractivity (Wildman–Crippen MR) is 118 cm³/mol. The fourth-order valence-electron chi connectivity index (χ4n) is 4.68. The highest BCUT2D eigenvalue weighted by Gasteiger charge is 2.42. The number of halogens is 1. The first kappa shape index (κ1) is 19.7. The molecule has 3 aliphatic rings. The SMILES string of the molecule is CN=C(NCCN1c2ccccc2CC1C)N1CCC2(CCOC2)C1.I. The van der Waals surface area contributed by atoms with Crippen LogP contribution in [0.2, 0.25) is 0 Å². The van der Waals surface area contributed by atoms with E-state index in [0.717, 1.165) is 51.8 Å². The van der Waals surface area contributed by atoms with Crippen LogP contribution in [0.15, 0.2) is 29.3 Å². The van der Waals surface area contributed by atoms with Gasteiger partial charge >= 0.3 is 0 Å². The Labute approximate surface area is 174 Å². The fourth-order valence-corrected chi connectivity index (χ4v) is 4.68. The zero-order valence-electron chi connectivity index (χ0n) is 15.9. The molecule has 144 valence electrons. The van der Waals surface area contributed by atoms with Gasteiger partial charge in [-0.05, 0) is 37.8 Å². The van der Waals surface area contributed by atoms with Crippen molar-refractivity contribution in [2.45, 2.75) is 32.2 Å². The number of likely N-dealkylation sites (tertiary alicyclic amines) is 1. The van der Waals surface area contributed by atoms with Crippen molar-refractivity contribution in [3.8, 4) is 0 Å². The van der Waals surface area contributed by atoms with Crippen molar-refractivity contribution in [1.29, 1.82) is 0 Å². The molecule has 3 aliphatic heterocycles. The largest absolute Gasteiger partial charge is 0.381 e. The quantitative estimate of drug-likeness (QED) is 0.419. The Morgan fingerprint density at radius 1 is 1.35 bits per heavy atom. The van der Waals surface area contributed by atoms with Crippen LogP contribution < -0.4 is 10.2 Å². The minimum atomic E-state index is 0. The van der Waals surface area contributed by atoms with Crippen molar-refractivity contribution in [3.63, 3.8) is 0 Å². The van der Waals surface area contributed by atoms with Gasteiger partial charge in [0.25, 0.3) is 0 Å². The highest BCUT2D eigenvalue weighted by Crippen LogP contribution is 2.38. The Balaban J connectivity index is 0.00000196. The van der Waals surface area contributed by atoms with E-state index in [9.17, 15) is 0 Å².